The largest absolute Gasteiger partial charge is 0.490 e. The normalized spacial score (nSPS) is 10.3. The number of benzene rings is 2. The van der Waals surface area contributed by atoms with Gasteiger partial charge in [-0.2, -0.15) is 0 Å². The lowest BCUT2D eigenvalue weighted by atomic mass is 10.2. The van der Waals surface area contributed by atoms with Crippen molar-refractivity contribution < 1.29 is 14.3 Å². The summed E-state index contributed by atoms with van der Waals surface area (Å²) in [6.07, 6.45) is 0. The van der Waals surface area contributed by atoms with Crippen molar-refractivity contribution in [3.63, 3.8) is 0 Å². The van der Waals surface area contributed by atoms with Crippen LogP contribution in [0.5, 0.6) is 5.75 Å². The van der Waals surface area contributed by atoms with Crippen LogP contribution in [0, 0.1) is 0 Å². The van der Waals surface area contributed by atoms with Gasteiger partial charge in [-0.1, -0.05) is 23.2 Å². The van der Waals surface area contributed by atoms with Gasteiger partial charge in [0.25, 0.3) is 5.91 Å². The van der Waals surface area contributed by atoms with Gasteiger partial charge < -0.3 is 14.8 Å². The summed E-state index contributed by atoms with van der Waals surface area (Å²) in [5, 5.41) is 6.48. The van der Waals surface area contributed by atoms with Gasteiger partial charge in [-0.25, -0.2) is 0 Å². The molecule has 0 bridgehead atoms. The van der Waals surface area contributed by atoms with Crippen LogP contribution in [0.15, 0.2) is 40.9 Å². The van der Waals surface area contributed by atoms with E-state index in [2.05, 4.69) is 26.6 Å². The van der Waals surface area contributed by atoms with Crippen molar-refractivity contribution in [2.24, 2.45) is 0 Å². The Morgan fingerprint density at radius 2 is 1.96 bits per heavy atom. The molecule has 0 unspecified atom stereocenters. The minimum atomic E-state index is -0.364. The summed E-state index contributed by atoms with van der Waals surface area (Å²) in [5.74, 6) is 0.254. The number of methoxy groups -OCH3 is 1. The number of hydrogen-bond donors (Lipinski definition) is 2. The molecule has 2 aromatic rings. The Labute approximate surface area is 175 Å². The molecule has 0 heterocycles. The predicted molar refractivity (Wildman–Crippen MR) is 112 cm³/mol. The van der Waals surface area contributed by atoms with Gasteiger partial charge in [-0.3, -0.25) is 10.1 Å². The number of hydrogen-bond acceptors (Lipinski definition) is 4. The van der Waals surface area contributed by atoms with Crippen LogP contribution in [-0.2, 0) is 4.74 Å². The quantitative estimate of drug-likeness (QED) is 0.457. The first-order chi connectivity index (χ1) is 12.4. The molecule has 9 heteroatoms. The minimum Gasteiger partial charge on any atom is -0.490 e. The summed E-state index contributed by atoms with van der Waals surface area (Å²) in [4.78, 5) is 12.3. The van der Waals surface area contributed by atoms with Crippen LogP contribution >= 0.6 is 51.3 Å². The molecule has 0 aliphatic rings. The molecule has 138 valence electrons. The molecule has 1 amide bonds. The van der Waals surface area contributed by atoms with Crippen molar-refractivity contribution in [2.45, 2.75) is 0 Å². The zero-order chi connectivity index (χ0) is 19.1. The van der Waals surface area contributed by atoms with Crippen LogP contribution in [0.2, 0.25) is 10.0 Å². The van der Waals surface area contributed by atoms with Gasteiger partial charge >= 0.3 is 0 Å². The van der Waals surface area contributed by atoms with E-state index in [1.54, 1.807) is 43.5 Å². The molecule has 0 saturated heterocycles. The standard InChI is InChI=1S/C17H15BrCl2N2O3S/c1-24-6-7-25-15-5-2-10(8-12(15)18)16(23)22-17(26)21-14-4-3-11(19)9-13(14)20/h2-5,8-9H,6-7H2,1H3,(H2,21,22,23,26). The molecule has 2 rings (SSSR count). The maximum atomic E-state index is 12.3. The summed E-state index contributed by atoms with van der Waals surface area (Å²) in [7, 11) is 1.60. The molecule has 2 N–H and O–H groups in total. The molecule has 26 heavy (non-hydrogen) atoms. The maximum absolute atomic E-state index is 12.3. The zero-order valence-corrected chi connectivity index (χ0v) is 17.6. The number of ether oxygens (including phenoxy) is 2. The van der Waals surface area contributed by atoms with Crippen molar-refractivity contribution in [1.82, 2.24) is 5.32 Å². The van der Waals surface area contributed by atoms with E-state index in [-0.39, 0.29) is 11.0 Å². The number of nitrogens with one attached hydrogen (secondary N) is 2. The molecule has 0 atom stereocenters. The van der Waals surface area contributed by atoms with Crippen LogP contribution in [-0.4, -0.2) is 31.3 Å². The van der Waals surface area contributed by atoms with E-state index in [0.29, 0.717) is 44.7 Å². The van der Waals surface area contributed by atoms with E-state index < -0.39 is 0 Å². The van der Waals surface area contributed by atoms with E-state index in [1.807, 2.05) is 0 Å². The van der Waals surface area contributed by atoms with Gasteiger partial charge in [0.15, 0.2) is 5.11 Å². The monoisotopic (exact) mass is 476 g/mol. The van der Waals surface area contributed by atoms with E-state index >= 15 is 0 Å². The third kappa shape index (κ3) is 6.10. The predicted octanol–water partition coefficient (Wildman–Crippen LogP) is 4.91. The molecular weight excluding hydrogens is 463 g/mol. The number of thiocarbonyl (C=S) groups is 1. The summed E-state index contributed by atoms with van der Waals surface area (Å²) in [6, 6.07) is 9.90. The Morgan fingerprint density at radius 1 is 1.19 bits per heavy atom. The molecule has 2 aromatic carbocycles. The fourth-order valence-electron chi connectivity index (χ4n) is 1.91. The first-order valence-corrected chi connectivity index (χ1v) is 9.35. The van der Waals surface area contributed by atoms with Gasteiger partial charge in [0.05, 0.1) is 21.8 Å². The number of halogens is 3. The lowest BCUT2D eigenvalue weighted by molar-refractivity contribution is 0.0977. The lowest BCUT2D eigenvalue weighted by Crippen LogP contribution is -2.34. The zero-order valence-electron chi connectivity index (χ0n) is 13.6. The molecular formula is C17H15BrCl2N2O3S. The third-order valence-electron chi connectivity index (χ3n) is 3.15. The Hall–Kier alpha value is -1.38. The van der Waals surface area contributed by atoms with Crippen LogP contribution in [0.4, 0.5) is 5.69 Å². The van der Waals surface area contributed by atoms with Gasteiger partial charge in [0, 0.05) is 17.7 Å². The van der Waals surface area contributed by atoms with Crippen molar-refractivity contribution >= 4 is 68.1 Å². The van der Waals surface area contributed by atoms with Gasteiger partial charge in [0.1, 0.15) is 12.4 Å². The highest BCUT2D eigenvalue weighted by Gasteiger charge is 2.12. The minimum absolute atomic E-state index is 0.121. The molecule has 0 aliphatic heterocycles. The van der Waals surface area contributed by atoms with Gasteiger partial charge in [-0.15, -0.1) is 0 Å². The van der Waals surface area contributed by atoms with Gasteiger partial charge in [0.2, 0.25) is 0 Å². The fourth-order valence-corrected chi connectivity index (χ4v) is 3.07. The highest BCUT2D eigenvalue weighted by molar-refractivity contribution is 9.10. The number of amides is 1. The first-order valence-electron chi connectivity index (χ1n) is 7.39. The number of rotatable bonds is 6. The van der Waals surface area contributed by atoms with Crippen LogP contribution in [0.1, 0.15) is 10.4 Å². The maximum Gasteiger partial charge on any atom is 0.257 e. The Morgan fingerprint density at radius 3 is 2.62 bits per heavy atom. The smallest absolute Gasteiger partial charge is 0.257 e. The van der Waals surface area contributed by atoms with Gasteiger partial charge in [-0.05, 0) is 64.5 Å². The highest BCUT2D eigenvalue weighted by atomic mass is 79.9. The van der Waals surface area contributed by atoms with Crippen LogP contribution in [0.3, 0.4) is 0 Å². The molecule has 0 fully saturated rings. The Balaban J connectivity index is 1.98. The molecule has 0 radical (unpaired) electrons. The second-order valence-electron chi connectivity index (χ2n) is 5.02. The summed E-state index contributed by atoms with van der Waals surface area (Å²) >= 11 is 20.4. The van der Waals surface area contributed by atoms with Crippen molar-refractivity contribution in [1.29, 1.82) is 0 Å². The molecule has 0 aliphatic carbocycles. The van der Waals surface area contributed by atoms with Crippen molar-refractivity contribution in [2.75, 3.05) is 25.6 Å². The van der Waals surface area contributed by atoms with E-state index in [4.69, 9.17) is 44.9 Å². The SMILES string of the molecule is COCCOc1ccc(C(=O)NC(=S)Nc2ccc(Cl)cc2Cl)cc1Br. The average molecular weight is 478 g/mol. The molecule has 0 spiro atoms. The average Bonchev–Trinajstić information content (AvgIpc) is 2.59. The second-order valence-corrected chi connectivity index (χ2v) is 7.13. The third-order valence-corrected chi connectivity index (χ3v) is 4.52. The number of carbonyl (C=O) groups excluding carboxylic acids is 1. The van der Waals surface area contributed by atoms with E-state index in [0.717, 1.165) is 0 Å². The Bertz CT molecular complexity index is 821. The van der Waals surface area contributed by atoms with E-state index in [9.17, 15) is 4.79 Å². The lowest BCUT2D eigenvalue weighted by Gasteiger charge is -2.12. The topological polar surface area (TPSA) is 59.6 Å². The molecule has 0 aromatic heterocycles. The highest BCUT2D eigenvalue weighted by Crippen LogP contribution is 2.27. The summed E-state index contributed by atoms with van der Waals surface area (Å²) in [6.45, 7) is 0.887. The summed E-state index contributed by atoms with van der Waals surface area (Å²) < 4.78 is 11.1. The Kier molecular flexibility index (Phi) is 8.12. The first kappa shape index (κ1) is 20.9. The van der Waals surface area contributed by atoms with Crippen molar-refractivity contribution in [3.8, 4) is 5.75 Å². The molecule has 0 saturated carbocycles. The van der Waals surface area contributed by atoms with Crippen LogP contribution < -0.4 is 15.4 Å². The summed E-state index contributed by atoms with van der Waals surface area (Å²) in [5.41, 5.74) is 0.965. The van der Waals surface area contributed by atoms with E-state index in [1.165, 1.54) is 0 Å². The second kappa shape index (κ2) is 10.1. The fraction of sp³-hybridized carbons (Fsp3) is 0.176. The number of carbonyl (C=O) groups is 1. The molecule has 5 nitrogen and oxygen atoms in total. The van der Waals surface area contributed by atoms with Crippen molar-refractivity contribution in [3.05, 3.63) is 56.5 Å². The number of anilines is 1. The van der Waals surface area contributed by atoms with Crippen LogP contribution in [0.25, 0.3) is 0 Å².